The van der Waals surface area contributed by atoms with Crippen LogP contribution in [-0.2, 0) is 0 Å². The van der Waals surface area contributed by atoms with Crippen molar-refractivity contribution in [1.82, 2.24) is 0 Å². The minimum Gasteiger partial charge on any atom is -0.381 e. The monoisotopic (exact) mass is 327 g/mol. The Hall–Kier alpha value is -0.210. The highest BCUT2D eigenvalue weighted by molar-refractivity contribution is 9.10. The van der Waals surface area contributed by atoms with Gasteiger partial charge in [0.05, 0.1) is 15.2 Å². The van der Waals surface area contributed by atoms with Crippen molar-refractivity contribution in [1.29, 1.82) is 0 Å². The van der Waals surface area contributed by atoms with Crippen LogP contribution in [0.5, 0.6) is 0 Å². The van der Waals surface area contributed by atoms with Gasteiger partial charge >= 0.3 is 0 Å². The Labute approximate surface area is 122 Å². The van der Waals surface area contributed by atoms with Crippen molar-refractivity contribution < 1.29 is 0 Å². The highest BCUT2D eigenvalue weighted by atomic mass is 79.9. The van der Waals surface area contributed by atoms with E-state index in [1.165, 1.54) is 38.5 Å². The molecule has 2 atom stereocenters. The smallest absolute Gasteiger partial charge is 0.0593 e. The Bertz CT molecular complexity index is 431. The molecule has 0 aromatic heterocycles. The lowest BCUT2D eigenvalue weighted by atomic mass is 9.82. The van der Waals surface area contributed by atoms with Gasteiger partial charge in [-0.1, -0.05) is 30.5 Å². The Balaban J connectivity index is 1.66. The second kappa shape index (κ2) is 5.42. The maximum Gasteiger partial charge on any atom is 0.0593 e. The fourth-order valence-electron chi connectivity index (χ4n) is 3.19. The van der Waals surface area contributed by atoms with Gasteiger partial charge in [0, 0.05) is 6.04 Å². The molecule has 0 aliphatic heterocycles. The van der Waals surface area contributed by atoms with Gasteiger partial charge in [-0.05, 0) is 65.6 Å². The number of benzene rings is 1. The van der Waals surface area contributed by atoms with Gasteiger partial charge in [0.2, 0.25) is 0 Å². The first-order valence-electron chi connectivity index (χ1n) is 6.94. The molecular formula is C15H19BrClN. The molecule has 2 unspecified atom stereocenters. The van der Waals surface area contributed by atoms with Crippen LogP contribution in [0.4, 0.5) is 5.69 Å². The Kier molecular flexibility index (Phi) is 3.86. The summed E-state index contributed by atoms with van der Waals surface area (Å²) in [7, 11) is 0. The van der Waals surface area contributed by atoms with Gasteiger partial charge < -0.3 is 5.32 Å². The van der Waals surface area contributed by atoms with Gasteiger partial charge in [-0.2, -0.15) is 0 Å². The lowest BCUT2D eigenvalue weighted by Gasteiger charge is -2.31. The fourth-order valence-corrected chi connectivity index (χ4v) is 3.74. The number of rotatable bonds is 3. The van der Waals surface area contributed by atoms with Gasteiger partial charge in [0.25, 0.3) is 0 Å². The molecule has 3 rings (SSSR count). The quantitative estimate of drug-likeness (QED) is 0.774. The van der Waals surface area contributed by atoms with E-state index in [2.05, 4.69) is 27.3 Å². The average molecular weight is 329 g/mol. The maximum absolute atomic E-state index is 6.13. The Morgan fingerprint density at radius 1 is 1.11 bits per heavy atom. The van der Waals surface area contributed by atoms with Gasteiger partial charge in [0.15, 0.2) is 0 Å². The Morgan fingerprint density at radius 2 is 1.94 bits per heavy atom. The molecule has 0 amide bonds. The first-order valence-corrected chi connectivity index (χ1v) is 8.11. The van der Waals surface area contributed by atoms with Crippen molar-refractivity contribution >= 4 is 33.2 Å². The molecule has 0 heterocycles. The molecule has 2 aliphatic carbocycles. The van der Waals surface area contributed by atoms with Gasteiger partial charge in [-0.3, -0.25) is 0 Å². The summed E-state index contributed by atoms with van der Waals surface area (Å²) < 4.78 is 1.00. The largest absolute Gasteiger partial charge is 0.381 e. The van der Waals surface area contributed by atoms with Crippen LogP contribution >= 0.6 is 27.5 Å². The van der Waals surface area contributed by atoms with E-state index >= 15 is 0 Å². The van der Waals surface area contributed by atoms with E-state index in [-0.39, 0.29) is 0 Å². The summed E-state index contributed by atoms with van der Waals surface area (Å²) in [5, 5.41) is 4.46. The SMILES string of the molecule is Clc1cccc(NC2CCCC(C3CC3)C2)c1Br. The molecule has 18 heavy (non-hydrogen) atoms. The van der Waals surface area contributed by atoms with Crippen molar-refractivity contribution in [2.45, 2.75) is 44.6 Å². The summed E-state index contributed by atoms with van der Waals surface area (Å²) in [5.74, 6) is 2.01. The Morgan fingerprint density at radius 3 is 2.72 bits per heavy atom. The first kappa shape index (κ1) is 12.8. The number of halogens is 2. The third-order valence-electron chi connectivity index (χ3n) is 4.31. The van der Waals surface area contributed by atoms with Crippen molar-refractivity contribution in [3.63, 3.8) is 0 Å². The molecule has 0 radical (unpaired) electrons. The minimum atomic E-state index is 0.624. The van der Waals surface area contributed by atoms with Gasteiger partial charge in [-0.25, -0.2) is 0 Å². The highest BCUT2D eigenvalue weighted by Crippen LogP contribution is 2.44. The molecular weight excluding hydrogens is 310 g/mol. The van der Waals surface area contributed by atoms with Crippen LogP contribution in [0.15, 0.2) is 22.7 Å². The topological polar surface area (TPSA) is 12.0 Å². The molecule has 0 saturated heterocycles. The normalized spacial score (nSPS) is 28.1. The zero-order chi connectivity index (χ0) is 12.5. The zero-order valence-corrected chi connectivity index (χ0v) is 12.8. The number of nitrogens with one attached hydrogen (secondary N) is 1. The summed E-state index contributed by atoms with van der Waals surface area (Å²) in [6.07, 6.45) is 8.39. The van der Waals surface area contributed by atoms with E-state index in [1.807, 2.05) is 12.1 Å². The molecule has 1 aromatic rings. The lowest BCUT2D eigenvalue weighted by Crippen LogP contribution is -2.28. The molecule has 98 valence electrons. The van der Waals surface area contributed by atoms with E-state index in [1.54, 1.807) is 0 Å². The first-order chi connectivity index (χ1) is 8.74. The van der Waals surface area contributed by atoms with Crippen LogP contribution < -0.4 is 5.32 Å². The van der Waals surface area contributed by atoms with Crippen LogP contribution in [0.2, 0.25) is 5.02 Å². The van der Waals surface area contributed by atoms with E-state index in [0.717, 1.165) is 27.0 Å². The lowest BCUT2D eigenvalue weighted by molar-refractivity contribution is 0.303. The summed E-state index contributed by atoms with van der Waals surface area (Å²) in [6, 6.07) is 6.66. The van der Waals surface area contributed by atoms with Crippen LogP contribution in [0.1, 0.15) is 38.5 Å². The third-order valence-corrected chi connectivity index (χ3v) is 5.71. The molecule has 1 N–H and O–H groups in total. The maximum atomic E-state index is 6.13. The van der Waals surface area contributed by atoms with Gasteiger partial charge in [0.1, 0.15) is 0 Å². The number of anilines is 1. The van der Waals surface area contributed by atoms with Crippen molar-refractivity contribution in [2.75, 3.05) is 5.32 Å². The molecule has 2 aliphatic rings. The summed E-state index contributed by atoms with van der Waals surface area (Å²) in [5.41, 5.74) is 1.14. The standard InChI is InChI=1S/C15H19BrClN/c16-15-13(17)5-2-6-14(15)18-12-4-1-3-11(9-12)10-7-8-10/h2,5-6,10-12,18H,1,3-4,7-9H2. The van der Waals surface area contributed by atoms with Crippen LogP contribution in [0, 0.1) is 11.8 Å². The second-order valence-electron chi connectivity index (χ2n) is 5.71. The van der Waals surface area contributed by atoms with Crippen molar-refractivity contribution in [3.8, 4) is 0 Å². The fraction of sp³-hybridized carbons (Fsp3) is 0.600. The molecule has 1 nitrogen and oxygen atoms in total. The third kappa shape index (κ3) is 2.85. The van der Waals surface area contributed by atoms with E-state index in [0.29, 0.717) is 6.04 Å². The van der Waals surface area contributed by atoms with Gasteiger partial charge in [-0.15, -0.1) is 0 Å². The molecule has 3 heteroatoms. The van der Waals surface area contributed by atoms with Crippen LogP contribution in [0.25, 0.3) is 0 Å². The van der Waals surface area contributed by atoms with Crippen LogP contribution in [-0.4, -0.2) is 6.04 Å². The average Bonchev–Trinajstić information content (AvgIpc) is 3.20. The molecule has 1 aromatic carbocycles. The molecule has 0 spiro atoms. The predicted octanol–water partition coefficient (Wildman–Crippen LogP) is 5.48. The van der Waals surface area contributed by atoms with E-state index in [4.69, 9.17) is 11.6 Å². The summed E-state index contributed by atoms with van der Waals surface area (Å²) in [4.78, 5) is 0. The summed E-state index contributed by atoms with van der Waals surface area (Å²) >= 11 is 9.70. The molecule has 2 saturated carbocycles. The van der Waals surface area contributed by atoms with Crippen molar-refractivity contribution in [2.24, 2.45) is 11.8 Å². The summed E-state index contributed by atoms with van der Waals surface area (Å²) in [6.45, 7) is 0. The number of hydrogen-bond donors (Lipinski definition) is 1. The molecule has 2 fully saturated rings. The zero-order valence-electron chi connectivity index (χ0n) is 10.5. The number of hydrogen-bond acceptors (Lipinski definition) is 1. The van der Waals surface area contributed by atoms with Crippen molar-refractivity contribution in [3.05, 3.63) is 27.7 Å². The van der Waals surface area contributed by atoms with Crippen LogP contribution in [0.3, 0.4) is 0 Å². The minimum absolute atomic E-state index is 0.624. The highest BCUT2D eigenvalue weighted by Gasteiger charge is 2.34. The molecule has 0 bridgehead atoms. The van der Waals surface area contributed by atoms with E-state index in [9.17, 15) is 0 Å². The van der Waals surface area contributed by atoms with E-state index < -0.39 is 0 Å². The second-order valence-corrected chi connectivity index (χ2v) is 6.91. The predicted molar refractivity (Wildman–Crippen MR) is 81.2 cm³/mol.